The molecule has 0 aliphatic carbocycles. The number of aryl methyl sites for hydroxylation is 1. The van der Waals surface area contributed by atoms with Crippen LogP contribution in [0.4, 0.5) is 5.69 Å². The monoisotopic (exact) mass is 420 g/mol. The highest BCUT2D eigenvalue weighted by Crippen LogP contribution is 2.31. The highest BCUT2D eigenvalue weighted by atomic mass is 32.2. The Balaban J connectivity index is 1.77. The molecular formula is C20H16N6O3S. The molecule has 4 rings (SSSR count). The zero-order chi connectivity index (χ0) is 21.1. The molecule has 4 aromatic rings. The molecule has 0 aliphatic heterocycles. The first-order valence-electron chi connectivity index (χ1n) is 8.86. The van der Waals surface area contributed by atoms with E-state index in [0.717, 1.165) is 22.6 Å². The number of rotatable bonds is 6. The van der Waals surface area contributed by atoms with Crippen LogP contribution in [0.3, 0.4) is 0 Å². The van der Waals surface area contributed by atoms with Gasteiger partial charge in [-0.2, -0.15) is 0 Å². The molecule has 0 N–H and O–H groups in total. The van der Waals surface area contributed by atoms with Crippen LogP contribution in [0, 0.1) is 17.0 Å². The molecule has 0 spiro atoms. The van der Waals surface area contributed by atoms with E-state index in [9.17, 15) is 10.1 Å². The van der Waals surface area contributed by atoms with Crippen LogP contribution in [0.2, 0.25) is 0 Å². The zero-order valence-electron chi connectivity index (χ0n) is 16.1. The Labute approximate surface area is 175 Å². The second-order valence-corrected chi connectivity index (χ2v) is 7.22. The van der Waals surface area contributed by atoms with E-state index in [-0.39, 0.29) is 5.69 Å². The molecule has 10 heteroatoms. The van der Waals surface area contributed by atoms with Gasteiger partial charge in [0.15, 0.2) is 11.0 Å². The highest BCUT2D eigenvalue weighted by molar-refractivity contribution is 7.99. The maximum Gasteiger partial charge on any atom is 0.305 e. The molecule has 0 atom stereocenters. The summed E-state index contributed by atoms with van der Waals surface area (Å²) in [6.45, 7) is 2.01. The number of benzene rings is 2. The van der Waals surface area contributed by atoms with Crippen LogP contribution in [0.15, 0.2) is 71.2 Å². The second-order valence-electron chi connectivity index (χ2n) is 6.29. The fourth-order valence-electron chi connectivity index (χ4n) is 2.73. The van der Waals surface area contributed by atoms with Crippen molar-refractivity contribution in [3.8, 4) is 22.8 Å². The van der Waals surface area contributed by atoms with Crippen molar-refractivity contribution >= 4 is 17.4 Å². The first kappa shape index (κ1) is 19.5. The Hall–Kier alpha value is -3.79. The smallest absolute Gasteiger partial charge is 0.305 e. The minimum atomic E-state index is -0.537. The van der Waals surface area contributed by atoms with E-state index in [0.29, 0.717) is 16.1 Å². The van der Waals surface area contributed by atoms with Crippen LogP contribution in [-0.4, -0.2) is 36.8 Å². The molecule has 0 amide bonds. The first-order valence-corrected chi connectivity index (χ1v) is 9.68. The molecule has 30 heavy (non-hydrogen) atoms. The summed E-state index contributed by atoms with van der Waals surface area (Å²) in [5.41, 5.74) is 2.70. The highest BCUT2D eigenvalue weighted by Gasteiger charge is 2.18. The van der Waals surface area contributed by atoms with E-state index in [1.165, 1.54) is 24.2 Å². The minimum absolute atomic E-state index is 0.168. The maximum absolute atomic E-state index is 10.8. The molecule has 150 valence electrons. The first-order chi connectivity index (χ1) is 14.5. The van der Waals surface area contributed by atoms with Gasteiger partial charge in [0.05, 0.1) is 12.0 Å². The van der Waals surface area contributed by atoms with Gasteiger partial charge in [-0.05, 0) is 55.1 Å². The molecule has 0 bridgehead atoms. The minimum Gasteiger partial charge on any atom is -0.497 e. The Kier molecular flexibility index (Phi) is 5.40. The van der Waals surface area contributed by atoms with Gasteiger partial charge in [0.2, 0.25) is 5.16 Å². The van der Waals surface area contributed by atoms with E-state index in [1.54, 1.807) is 7.11 Å². The summed E-state index contributed by atoms with van der Waals surface area (Å²) in [7, 11) is 1.61. The summed E-state index contributed by atoms with van der Waals surface area (Å²) in [5, 5.41) is 20.4. The van der Waals surface area contributed by atoms with Crippen LogP contribution >= 0.6 is 11.8 Å². The average Bonchev–Trinajstić information content (AvgIpc) is 3.18. The topological polar surface area (TPSA) is 109 Å². The molecular weight excluding hydrogens is 404 g/mol. The van der Waals surface area contributed by atoms with E-state index in [2.05, 4.69) is 20.2 Å². The third kappa shape index (κ3) is 3.98. The normalized spacial score (nSPS) is 10.7. The third-order valence-electron chi connectivity index (χ3n) is 4.28. The van der Waals surface area contributed by atoms with Gasteiger partial charge in [0, 0.05) is 11.3 Å². The quantitative estimate of drug-likeness (QED) is 0.261. The van der Waals surface area contributed by atoms with Crippen molar-refractivity contribution in [3.63, 3.8) is 0 Å². The molecule has 0 unspecified atom stereocenters. The van der Waals surface area contributed by atoms with Crippen molar-refractivity contribution in [1.82, 2.24) is 24.7 Å². The number of methoxy groups -OCH3 is 1. The van der Waals surface area contributed by atoms with Crippen molar-refractivity contribution in [2.45, 2.75) is 17.2 Å². The van der Waals surface area contributed by atoms with Gasteiger partial charge in [-0.15, -0.1) is 10.2 Å². The molecule has 0 saturated carbocycles. The molecule has 0 fully saturated rings. The summed E-state index contributed by atoms with van der Waals surface area (Å²) >= 11 is 1.18. The van der Waals surface area contributed by atoms with E-state index in [4.69, 9.17) is 4.74 Å². The summed E-state index contributed by atoms with van der Waals surface area (Å²) in [4.78, 5) is 18.4. The third-order valence-corrected chi connectivity index (χ3v) is 5.12. The lowest BCUT2D eigenvalue weighted by atomic mass is 10.2. The average molecular weight is 420 g/mol. The van der Waals surface area contributed by atoms with Crippen LogP contribution in [0.1, 0.15) is 5.56 Å². The summed E-state index contributed by atoms with van der Waals surface area (Å²) < 4.78 is 7.13. The molecule has 2 aromatic carbocycles. The Bertz CT molecular complexity index is 1170. The molecule has 0 radical (unpaired) electrons. The number of nitrogens with zero attached hydrogens (tertiary/aromatic N) is 6. The van der Waals surface area contributed by atoms with Gasteiger partial charge in [0.1, 0.15) is 18.1 Å². The van der Waals surface area contributed by atoms with Crippen molar-refractivity contribution < 1.29 is 9.66 Å². The maximum atomic E-state index is 10.8. The van der Waals surface area contributed by atoms with Crippen molar-refractivity contribution in [2.24, 2.45) is 0 Å². The van der Waals surface area contributed by atoms with Crippen LogP contribution in [-0.2, 0) is 0 Å². The molecule has 0 saturated heterocycles. The number of nitro groups is 1. The molecule has 2 aromatic heterocycles. The fraction of sp³-hybridized carbons (Fsp3) is 0.100. The number of aromatic nitrogens is 5. The lowest BCUT2D eigenvalue weighted by molar-refractivity contribution is -0.385. The van der Waals surface area contributed by atoms with Gasteiger partial charge >= 0.3 is 5.69 Å². The van der Waals surface area contributed by atoms with Crippen LogP contribution in [0.25, 0.3) is 17.1 Å². The van der Waals surface area contributed by atoms with Crippen molar-refractivity contribution in [1.29, 1.82) is 0 Å². The van der Waals surface area contributed by atoms with Crippen LogP contribution in [0.5, 0.6) is 5.75 Å². The zero-order valence-corrected chi connectivity index (χ0v) is 16.9. The number of hydrogen-bond acceptors (Lipinski definition) is 8. The largest absolute Gasteiger partial charge is 0.497 e. The van der Waals surface area contributed by atoms with E-state index >= 15 is 0 Å². The Morgan fingerprint density at radius 1 is 1.00 bits per heavy atom. The predicted octanol–water partition coefficient (Wildman–Crippen LogP) is 4.10. The van der Waals surface area contributed by atoms with Gasteiger partial charge in [-0.1, -0.05) is 17.7 Å². The number of hydrogen-bond donors (Lipinski definition) is 0. The lowest BCUT2D eigenvalue weighted by Crippen LogP contribution is -2.00. The Morgan fingerprint density at radius 3 is 2.27 bits per heavy atom. The molecule has 2 heterocycles. The summed E-state index contributed by atoms with van der Waals surface area (Å²) in [6.07, 6.45) is 2.35. The SMILES string of the molecule is COc1ccc(-c2nnc(Sc3ncc([N+](=O)[O-])cn3)n2-c2ccc(C)cc2)cc1. The predicted molar refractivity (Wildman–Crippen MR) is 111 cm³/mol. The molecule has 9 nitrogen and oxygen atoms in total. The lowest BCUT2D eigenvalue weighted by Gasteiger charge is -2.10. The van der Waals surface area contributed by atoms with Gasteiger partial charge in [0.25, 0.3) is 0 Å². The van der Waals surface area contributed by atoms with Crippen LogP contribution < -0.4 is 4.74 Å². The number of ether oxygens (including phenoxy) is 1. The second kappa shape index (κ2) is 8.29. The Morgan fingerprint density at radius 2 is 1.67 bits per heavy atom. The van der Waals surface area contributed by atoms with E-state index < -0.39 is 4.92 Å². The van der Waals surface area contributed by atoms with Crippen molar-refractivity contribution in [2.75, 3.05) is 7.11 Å². The molecule has 0 aliphatic rings. The van der Waals surface area contributed by atoms with E-state index in [1.807, 2.05) is 60.0 Å². The summed E-state index contributed by atoms with van der Waals surface area (Å²) in [5.74, 6) is 1.39. The van der Waals surface area contributed by atoms with Crippen molar-refractivity contribution in [3.05, 3.63) is 76.6 Å². The van der Waals surface area contributed by atoms with Gasteiger partial charge < -0.3 is 4.74 Å². The van der Waals surface area contributed by atoms with Gasteiger partial charge in [-0.3, -0.25) is 14.7 Å². The standard InChI is InChI=1S/C20H16N6O3S/c1-13-3-7-15(8-4-13)25-18(14-5-9-17(29-2)10-6-14)23-24-20(25)30-19-21-11-16(12-22-19)26(27)28/h3-12H,1-2H3. The fourth-order valence-corrected chi connectivity index (χ4v) is 3.47. The van der Waals surface area contributed by atoms with Gasteiger partial charge in [-0.25, -0.2) is 9.97 Å². The summed E-state index contributed by atoms with van der Waals surface area (Å²) in [6, 6.07) is 15.5.